The Morgan fingerprint density at radius 3 is 1.45 bits per heavy atom. The number of aromatic amines is 2. The fourth-order valence-corrected chi connectivity index (χ4v) is 7.91. The number of benzene rings is 2. The Morgan fingerprint density at radius 1 is 0.550 bits per heavy atom. The number of nitrogens with two attached hydrogens (primary N) is 2. The molecule has 11 atom stereocenters. The van der Waals surface area contributed by atoms with Crippen LogP contribution < -0.4 is 54.0 Å². The normalized spacial score (nSPS) is 15.3. The lowest BCUT2D eigenvalue weighted by Gasteiger charge is -2.29. The summed E-state index contributed by atoms with van der Waals surface area (Å²) in [7, 11) is 0. The molecule has 18 N–H and O–H groups in total. The zero-order valence-corrected chi connectivity index (χ0v) is 44.8. The molecule has 80 heavy (non-hydrogen) atoms. The van der Waals surface area contributed by atoms with Crippen molar-refractivity contribution in [1.29, 1.82) is 0 Å². The summed E-state index contributed by atoms with van der Waals surface area (Å²) in [5.41, 5.74) is 13.3. The van der Waals surface area contributed by atoms with Gasteiger partial charge < -0.3 is 84.4 Å². The van der Waals surface area contributed by atoms with Crippen molar-refractivity contribution >= 4 is 59.1 Å². The van der Waals surface area contributed by atoms with Gasteiger partial charge in [0.1, 0.15) is 54.1 Å². The third kappa shape index (κ3) is 19.9. The first-order valence-corrected chi connectivity index (χ1v) is 25.7. The monoisotopic (exact) mass is 1120 g/mol. The quantitative estimate of drug-likeness (QED) is 0.0224. The van der Waals surface area contributed by atoms with Gasteiger partial charge in [-0.15, -0.1) is 0 Å². The summed E-state index contributed by atoms with van der Waals surface area (Å²) in [6.45, 7) is 6.65. The van der Waals surface area contributed by atoms with Crippen LogP contribution in [0.3, 0.4) is 0 Å². The van der Waals surface area contributed by atoms with Gasteiger partial charge in [0.2, 0.25) is 53.2 Å². The number of rotatable bonds is 32. The molecule has 0 saturated heterocycles. The van der Waals surface area contributed by atoms with E-state index < -0.39 is 139 Å². The van der Waals surface area contributed by atoms with Crippen molar-refractivity contribution in [3.05, 3.63) is 102 Å². The van der Waals surface area contributed by atoms with E-state index in [1.54, 1.807) is 58.0 Å². The minimum absolute atomic E-state index is 0.0712. The number of phenols is 1. The first-order valence-electron chi connectivity index (χ1n) is 25.7. The number of carboxylic acid groups (broad SMARTS) is 1. The fraction of sp³-hybridized carbons (Fsp3) is 0.462. The standard InChI is InChI=1S/C52H72N14O14/c1-6-27(4)42(65-47(74)37(20-40(53)70)62-51(78)43(28(5)68)66-46(73)34(61-49(76)41(54)26(2)3)16-30-12-14-33(69)15-13-30)50(77)64-39(23-67)48(75)60-35(18-31-21-55-24-57-31)44(71)59-36(19-32-22-56-25-58-32)45(72)63-38(52(79)80)17-29-10-8-7-9-11-29/h7-15,21-22,24-28,34-39,41-43,67-69H,6,16-20,23,54H2,1-5H3,(H2,53,70)(H,55,57)(H,56,58)(H,59,71)(H,60,75)(H,61,76)(H,62,78)(H,63,72)(H,64,77)(H,65,74)(H,66,73)(H,79,80)/t27-,28+,34-,35-,36-,37-,38-,39-,41-,42-,43-/m0/s1. The number of primary amides is 1. The van der Waals surface area contributed by atoms with E-state index in [0.29, 0.717) is 22.5 Å². The maximum Gasteiger partial charge on any atom is 0.326 e. The summed E-state index contributed by atoms with van der Waals surface area (Å²) in [6.07, 6.45) is 2.31. The van der Waals surface area contributed by atoms with Gasteiger partial charge in [0.25, 0.3) is 0 Å². The largest absolute Gasteiger partial charge is 0.508 e. The van der Waals surface area contributed by atoms with Gasteiger partial charge in [-0.3, -0.25) is 43.2 Å². The lowest BCUT2D eigenvalue weighted by atomic mass is 9.97. The first-order chi connectivity index (χ1) is 37.9. The highest BCUT2D eigenvalue weighted by molar-refractivity contribution is 5.99. The van der Waals surface area contributed by atoms with Gasteiger partial charge in [-0.05, 0) is 42.0 Å². The van der Waals surface area contributed by atoms with E-state index in [2.05, 4.69) is 62.5 Å². The summed E-state index contributed by atoms with van der Waals surface area (Å²) >= 11 is 0. The number of H-pyrrole nitrogens is 2. The molecule has 2 heterocycles. The number of carboxylic acids is 1. The average molecular weight is 1120 g/mol. The van der Waals surface area contributed by atoms with E-state index in [4.69, 9.17) is 11.5 Å². The van der Waals surface area contributed by atoms with Gasteiger partial charge in [-0.1, -0.05) is 76.6 Å². The van der Waals surface area contributed by atoms with Crippen LogP contribution in [0.1, 0.15) is 70.0 Å². The van der Waals surface area contributed by atoms with E-state index in [1.807, 2.05) is 0 Å². The second-order valence-electron chi connectivity index (χ2n) is 19.5. The SMILES string of the molecule is CC[C@H](C)[C@H](NC(=O)[C@H](CC(N)=O)NC(=O)[C@@H](NC(=O)[C@H](Cc1ccc(O)cc1)NC(=O)[C@@H](N)C(C)C)[C@@H](C)O)C(=O)N[C@@H](CO)C(=O)N[C@@H](Cc1cnc[nH]1)C(=O)N[C@@H](Cc1cnc[nH]1)C(=O)N[C@@H](Cc1ccccc1)C(=O)O. The van der Waals surface area contributed by atoms with E-state index >= 15 is 0 Å². The summed E-state index contributed by atoms with van der Waals surface area (Å²) < 4.78 is 0. The summed E-state index contributed by atoms with van der Waals surface area (Å²) in [6, 6.07) is 0.342. The van der Waals surface area contributed by atoms with Gasteiger partial charge in [-0.2, -0.15) is 0 Å². The molecule has 2 aromatic carbocycles. The maximum absolute atomic E-state index is 14.2. The van der Waals surface area contributed by atoms with Gasteiger partial charge in [0.15, 0.2) is 0 Å². The van der Waals surface area contributed by atoms with Crippen molar-refractivity contribution in [2.24, 2.45) is 23.3 Å². The molecule has 4 aromatic rings. The van der Waals surface area contributed by atoms with Gasteiger partial charge >= 0.3 is 5.97 Å². The number of aromatic hydroxyl groups is 1. The van der Waals surface area contributed by atoms with Crippen LogP contribution in [0.2, 0.25) is 0 Å². The maximum atomic E-state index is 14.2. The molecule has 9 amide bonds. The highest BCUT2D eigenvalue weighted by Crippen LogP contribution is 2.14. The van der Waals surface area contributed by atoms with Crippen molar-refractivity contribution in [3.63, 3.8) is 0 Å². The second kappa shape index (κ2) is 31.0. The van der Waals surface area contributed by atoms with Crippen LogP contribution in [-0.2, 0) is 73.6 Å². The lowest BCUT2D eigenvalue weighted by Crippen LogP contribution is -2.63. The van der Waals surface area contributed by atoms with Gasteiger partial charge in [0.05, 0.1) is 37.8 Å². The molecule has 0 fully saturated rings. The minimum Gasteiger partial charge on any atom is -0.508 e. The third-order valence-corrected chi connectivity index (χ3v) is 12.9. The number of amides is 9. The van der Waals surface area contributed by atoms with Crippen LogP contribution in [-0.4, -0.2) is 167 Å². The topological polar surface area (TPSA) is 457 Å². The Labute approximate surface area is 460 Å². The van der Waals surface area contributed by atoms with Crippen LogP contribution in [0, 0.1) is 11.8 Å². The number of carbonyl (C=O) groups is 10. The number of phenolic OH excluding ortho intramolecular Hbond substituents is 1. The molecular formula is C52H72N14O14. The molecule has 0 saturated carbocycles. The van der Waals surface area contributed by atoms with Crippen LogP contribution in [0.4, 0.5) is 0 Å². The predicted octanol–water partition coefficient (Wildman–Crippen LogP) is -3.65. The molecule has 0 bridgehead atoms. The Hall–Kier alpha value is -8.76. The number of imidazole rings is 2. The highest BCUT2D eigenvalue weighted by atomic mass is 16.4. The van der Waals surface area contributed by atoms with E-state index in [-0.39, 0.29) is 43.8 Å². The fourth-order valence-electron chi connectivity index (χ4n) is 7.91. The number of aliphatic hydroxyl groups excluding tert-OH is 2. The Kier molecular flexibility index (Phi) is 24.7. The molecule has 0 aliphatic heterocycles. The number of hydrogen-bond acceptors (Lipinski definition) is 16. The Balaban J connectivity index is 1.52. The molecule has 0 unspecified atom stereocenters. The number of nitrogens with one attached hydrogen (secondary N) is 10. The Bertz CT molecular complexity index is 2710. The van der Waals surface area contributed by atoms with Crippen molar-refractivity contribution in [1.82, 2.24) is 62.5 Å². The smallest absolute Gasteiger partial charge is 0.326 e. The molecule has 4 rings (SSSR count). The number of carbonyl (C=O) groups excluding carboxylic acids is 9. The van der Waals surface area contributed by atoms with Crippen molar-refractivity contribution in [3.8, 4) is 5.75 Å². The lowest BCUT2D eigenvalue weighted by molar-refractivity contribution is -0.142. The molecule has 0 aliphatic rings. The van der Waals surface area contributed by atoms with Crippen molar-refractivity contribution in [2.75, 3.05) is 6.61 Å². The predicted molar refractivity (Wildman–Crippen MR) is 284 cm³/mol. The van der Waals surface area contributed by atoms with Gasteiger partial charge in [-0.25, -0.2) is 14.8 Å². The molecule has 0 radical (unpaired) electrons. The molecule has 434 valence electrons. The van der Waals surface area contributed by atoms with Crippen LogP contribution in [0.15, 0.2) is 79.6 Å². The van der Waals surface area contributed by atoms with Crippen LogP contribution in [0.5, 0.6) is 5.75 Å². The Morgan fingerprint density at radius 2 is 0.975 bits per heavy atom. The molecule has 2 aromatic heterocycles. The molecule has 0 spiro atoms. The number of aliphatic hydroxyl groups is 2. The van der Waals surface area contributed by atoms with E-state index in [1.165, 1.54) is 49.3 Å². The number of aromatic nitrogens is 4. The van der Waals surface area contributed by atoms with Crippen LogP contribution >= 0.6 is 0 Å². The van der Waals surface area contributed by atoms with Crippen LogP contribution in [0.25, 0.3) is 0 Å². The number of nitrogens with zero attached hydrogens (tertiary/aromatic N) is 2. The average Bonchev–Trinajstić information content (AvgIpc) is 4.16. The summed E-state index contributed by atoms with van der Waals surface area (Å²) in [5.74, 6) is -11.6. The summed E-state index contributed by atoms with van der Waals surface area (Å²) in [4.78, 5) is 149. The molecular weight excluding hydrogens is 1040 g/mol. The zero-order chi connectivity index (χ0) is 59.2. The molecule has 0 aliphatic carbocycles. The first kappa shape index (κ1) is 63.8. The highest BCUT2D eigenvalue weighted by Gasteiger charge is 2.38. The number of hydrogen-bond donors (Lipinski definition) is 16. The summed E-state index contributed by atoms with van der Waals surface area (Å²) in [5, 5.41) is 60.5. The van der Waals surface area contributed by atoms with Crippen molar-refractivity contribution < 1.29 is 68.4 Å². The van der Waals surface area contributed by atoms with E-state index in [0.717, 1.165) is 6.92 Å². The third-order valence-electron chi connectivity index (χ3n) is 12.9. The van der Waals surface area contributed by atoms with E-state index in [9.17, 15) is 68.4 Å². The minimum atomic E-state index is -1.84. The molecule has 28 heteroatoms. The number of aliphatic carboxylic acids is 1. The van der Waals surface area contributed by atoms with Gasteiger partial charge in [0, 0.05) is 49.5 Å². The van der Waals surface area contributed by atoms with Crippen molar-refractivity contribution in [2.45, 2.75) is 134 Å². The second-order valence-corrected chi connectivity index (χ2v) is 19.5. The molecule has 28 nitrogen and oxygen atoms in total. The zero-order valence-electron chi connectivity index (χ0n) is 44.8.